The lowest BCUT2D eigenvalue weighted by molar-refractivity contribution is 0.0793. The zero-order valence-electron chi connectivity index (χ0n) is 18.4. The molecule has 0 unspecified atom stereocenters. The largest absolute Gasteiger partial charge is 0.493 e. The van der Waals surface area contributed by atoms with E-state index in [4.69, 9.17) is 23.7 Å². The fourth-order valence-corrected chi connectivity index (χ4v) is 3.85. The van der Waals surface area contributed by atoms with E-state index in [2.05, 4.69) is 5.32 Å². The number of ether oxygens (including phenoxy) is 5. The van der Waals surface area contributed by atoms with E-state index < -0.39 is 5.91 Å². The van der Waals surface area contributed by atoms with E-state index in [1.54, 1.807) is 29.2 Å². The summed E-state index contributed by atoms with van der Waals surface area (Å²) < 4.78 is 27.3. The minimum Gasteiger partial charge on any atom is -0.493 e. The lowest BCUT2D eigenvalue weighted by Gasteiger charge is -2.22. The van der Waals surface area contributed by atoms with Crippen molar-refractivity contribution in [3.05, 3.63) is 35.4 Å². The van der Waals surface area contributed by atoms with Crippen LogP contribution >= 0.6 is 0 Å². The number of carbonyl (C=O) groups is 2. The molecule has 32 heavy (non-hydrogen) atoms. The van der Waals surface area contributed by atoms with Crippen LogP contribution < -0.4 is 29.0 Å². The molecular weight excluding hydrogens is 416 g/mol. The number of nitrogens with one attached hydrogen (secondary N) is 1. The Hall–Kier alpha value is -3.62. The lowest BCUT2D eigenvalue weighted by atomic mass is 10.1. The van der Waals surface area contributed by atoms with Gasteiger partial charge in [-0.2, -0.15) is 0 Å². The maximum Gasteiger partial charge on any atom is 0.256 e. The van der Waals surface area contributed by atoms with Crippen molar-refractivity contribution in [1.29, 1.82) is 0 Å². The quantitative estimate of drug-likeness (QED) is 0.735. The predicted octanol–water partition coefficient (Wildman–Crippen LogP) is 2.97. The number of likely N-dealkylation sites (tertiary alicyclic amines) is 1. The van der Waals surface area contributed by atoms with Crippen LogP contribution in [-0.4, -0.2) is 64.3 Å². The Morgan fingerprint density at radius 1 is 0.875 bits per heavy atom. The molecule has 1 fully saturated rings. The van der Waals surface area contributed by atoms with E-state index in [0.29, 0.717) is 71.9 Å². The summed E-state index contributed by atoms with van der Waals surface area (Å²) in [5.41, 5.74) is 0.973. The van der Waals surface area contributed by atoms with Crippen LogP contribution in [0.5, 0.6) is 28.7 Å². The van der Waals surface area contributed by atoms with Crippen LogP contribution in [0.3, 0.4) is 0 Å². The Balaban J connectivity index is 1.70. The van der Waals surface area contributed by atoms with Gasteiger partial charge in [0.15, 0.2) is 23.0 Å². The van der Waals surface area contributed by atoms with Gasteiger partial charge in [-0.15, -0.1) is 0 Å². The van der Waals surface area contributed by atoms with Crippen molar-refractivity contribution in [2.45, 2.75) is 12.8 Å². The van der Waals surface area contributed by atoms with Crippen LogP contribution in [0.4, 0.5) is 5.69 Å². The van der Waals surface area contributed by atoms with Crippen molar-refractivity contribution in [3.8, 4) is 28.7 Å². The number of anilines is 1. The number of carbonyl (C=O) groups excluding carboxylic acids is 2. The average molecular weight is 442 g/mol. The van der Waals surface area contributed by atoms with E-state index >= 15 is 0 Å². The predicted molar refractivity (Wildman–Crippen MR) is 117 cm³/mol. The molecule has 170 valence electrons. The summed E-state index contributed by atoms with van der Waals surface area (Å²) in [6.07, 6.45) is 1.91. The Kier molecular flexibility index (Phi) is 6.25. The molecule has 9 heteroatoms. The second-order valence-electron chi connectivity index (χ2n) is 7.41. The maximum atomic E-state index is 13.2. The third-order valence-electron chi connectivity index (χ3n) is 5.49. The van der Waals surface area contributed by atoms with E-state index in [-0.39, 0.29) is 5.91 Å². The number of amides is 2. The Labute approximate surface area is 186 Å². The van der Waals surface area contributed by atoms with Crippen molar-refractivity contribution in [2.75, 3.05) is 52.9 Å². The molecule has 0 aliphatic carbocycles. The van der Waals surface area contributed by atoms with Gasteiger partial charge in [-0.25, -0.2) is 0 Å². The average Bonchev–Trinajstić information content (AvgIpc) is 3.37. The summed E-state index contributed by atoms with van der Waals surface area (Å²) in [4.78, 5) is 28.1. The zero-order chi connectivity index (χ0) is 22.7. The van der Waals surface area contributed by atoms with Gasteiger partial charge in [0.25, 0.3) is 11.8 Å². The monoisotopic (exact) mass is 442 g/mol. The van der Waals surface area contributed by atoms with Crippen LogP contribution in [0.1, 0.15) is 33.6 Å². The molecule has 2 aliphatic heterocycles. The summed E-state index contributed by atoms with van der Waals surface area (Å²) in [6, 6.07) is 6.36. The molecule has 0 bridgehead atoms. The number of hydrogen-bond acceptors (Lipinski definition) is 7. The molecule has 0 atom stereocenters. The van der Waals surface area contributed by atoms with E-state index in [1.807, 2.05) is 0 Å². The van der Waals surface area contributed by atoms with Gasteiger partial charge in [0, 0.05) is 24.7 Å². The first kappa shape index (κ1) is 21.6. The Morgan fingerprint density at radius 2 is 1.53 bits per heavy atom. The molecule has 2 aromatic rings. The van der Waals surface area contributed by atoms with Gasteiger partial charge in [0.05, 0.1) is 32.6 Å². The van der Waals surface area contributed by atoms with Gasteiger partial charge in [0.2, 0.25) is 5.75 Å². The van der Waals surface area contributed by atoms with Crippen LogP contribution in [0.2, 0.25) is 0 Å². The highest BCUT2D eigenvalue weighted by Crippen LogP contribution is 2.41. The van der Waals surface area contributed by atoms with Gasteiger partial charge >= 0.3 is 0 Å². The molecule has 2 heterocycles. The standard InChI is InChI=1S/C23H26N2O7/c1-28-17-12-15(23(27)25-6-4-5-7-25)16(13-18(17)29-2)24-22(26)14-10-19(30-3)21-20(11-14)31-8-9-32-21/h10-13H,4-9H2,1-3H3,(H,24,26). The van der Waals surface area contributed by atoms with E-state index in [9.17, 15) is 9.59 Å². The number of hydrogen-bond donors (Lipinski definition) is 1. The highest BCUT2D eigenvalue weighted by Gasteiger charge is 2.26. The molecule has 0 aromatic heterocycles. The molecule has 9 nitrogen and oxygen atoms in total. The maximum absolute atomic E-state index is 13.2. The highest BCUT2D eigenvalue weighted by atomic mass is 16.6. The van der Waals surface area contributed by atoms with Gasteiger partial charge in [-0.05, 0) is 31.0 Å². The minimum atomic E-state index is -0.428. The number of nitrogens with zero attached hydrogens (tertiary/aromatic N) is 1. The molecular formula is C23H26N2O7. The zero-order valence-corrected chi connectivity index (χ0v) is 18.4. The molecule has 4 rings (SSSR count). The van der Waals surface area contributed by atoms with Gasteiger partial charge in [-0.1, -0.05) is 0 Å². The van der Waals surface area contributed by atoms with Crippen LogP contribution in [-0.2, 0) is 0 Å². The normalized spacial score (nSPS) is 14.7. The van der Waals surface area contributed by atoms with Crippen molar-refractivity contribution in [2.24, 2.45) is 0 Å². The summed E-state index contributed by atoms with van der Waals surface area (Å²) in [5.74, 6) is 1.51. The molecule has 0 spiro atoms. The third-order valence-corrected chi connectivity index (χ3v) is 5.49. The van der Waals surface area contributed by atoms with Crippen LogP contribution in [0.25, 0.3) is 0 Å². The van der Waals surface area contributed by atoms with Crippen LogP contribution in [0, 0.1) is 0 Å². The molecule has 0 radical (unpaired) electrons. The second kappa shape index (κ2) is 9.25. The molecule has 2 aromatic carbocycles. The number of rotatable bonds is 6. The topological polar surface area (TPSA) is 95.6 Å². The fraction of sp³-hybridized carbons (Fsp3) is 0.391. The smallest absolute Gasteiger partial charge is 0.256 e. The fourth-order valence-electron chi connectivity index (χ4n) is 3.85. The summed E-state index contributed by atoms with van der Waals surface area (Å²) in [6.45, 7) is 2.15. The summed E-state index contributed by atoms with van der Waals surface area (Å²) in [5, 5.41) is 2.84. The van der Waals surface area contributed by atoms with E-state index in [0.717, 1.165) is 12.8 Å². The number of methoxy groups -OCH3 is 3. The first-order chi connectivity index (χ1) is 15.5. The number of benzene rings is 2. The van der Waals surface area contributed by atoms with Crippen molar-refractivity contribution in [1.82, 2.24) is 4.90 Å². The summed E-state index contributed by atoms with van der Waals surface area (Å²) in [7, 11) is 4.50. The van der Waals surface area contributed by atoms with Crippen molar-refractivity contribution >= 4 is 17.5 Å². The van der Waals surface area contributed by atoms with E-state index in [1.165, 1.54) is 21.3 Å². The molecule has 2 amide bonds. The molecule has 1 saturated heterocycles. The van der Waals surface area contributed by atoms with Gasteiger partial charge in [0.1, 0.15) is 13.2 Å². The first-order valence-electron chi connectivity index (χ1n) is 10.4. The van der Waals surface area contributed by atoms with Crippen molar-refractivity contribution < 1.29 is 33.3 Å². The third kappa shape index (κ3) is 4.10. The minimum absolute atomic E-state index is 0.168. The SMILES string of the molecule is COc1cc(NC(=O)c2cc(OC)c3c(c2)OCCO3)c(C(=O)N2CCCC2)cc1OC. The Bertz CT molecular complexity index is 1010. The summed E-state index contributed by atoms with van der Waals surface area (Å²) >= 11 is 0. The van der Waals surface area contributed by atoms with Crippen LogP contribution in [0.15, 0.2) is 24.3 Å². The first-order valence-corrected chi connectivity index (χ1v) is 10.4. The molecule has 0 saturated carbocycles. The second-order valence-corrected chi connectivity index (χ2v) is 7.41. The molecule has 2 aliphatic rings. The lowest BCUT2D eigenvalue weighted by Crippen LogP contribution is -2.29. The van der Waals surface area contributed by atoms with Crippen molar-refractivity contribution in [3.63, 3.8) is 0 Å². The molecule has 1 N–H and O–H groups in total. The number of fused-ring (bicyclic) bond motifs is 1. The van der Waals surface area contributed by atoms with Gasteiger partial charge in [-0.3, -0.25) is 9.59 Å². The Morgan fingerprint density at radius 3 is 2.22 bits per heavy atom. The highest BCUT2D eigenvalue weighted by molar-refractivity contribution is 6.10. The van der Waals surface area contributed by atoms with Gasteiger partial charge < -0.3 is 33.9 Å².